The lowest BCUT2D eigenvalue weighted by Crippen LogP contribution is -2.49. The van der Waals surface area contributed by atoms with Gasteiger partial charge in [0.1, 0.15) is 6.11 Å². The molecule has 0 spiro atoms. The summed E-state index contributed by atoms with van der Waals surface area (Å²) in [5.41, 5.74) is 1.27. The van der Waals surface area contributed by atoms with Crippen LogP contribution in [0.4, 0.5) is 0 Å². The summed E-state index contributed by atoms with van der Waals surface area (Å²) in [5, 5.41) is 0. The van der Waals surface area contributed by atoms with E-state index in [-0.39, 0.29) is 5.60 Å². The number of hydrogen-bond acceptors (Lipinski definition) is 2. The van der Waals surface area contributed by atoms with Gasteiger partial charge in [-0.25, -0.2) is 0 Å². The molecule has 2 heteroatoms. The van der Waals surface area contributed by atoms with Gasteiger partial charge >= 0.3 is 0 Å². The Labute approximate surface area is 137 Å². The van der Waals surface area contributed by atoms with E-state index in [1.54, 1.807) is 0 Å². The lowest BCUT2D eigenvalue weighted by atomic mass is 9.50. The van der Waals surface area contributed by atoms with Crippen molar-refractivity contribution in [3.05, 3.63) is 0 Å². The van der Waals surface area contributed by atoms with Crippen LogP contribution in [0, 0.1) is 35.2 Å². The maximum atomic E-state index is 6.21. The molecule has 0 bridgehead atoms. The summed E-state index contributed by atoms with van der Waals surface area (Å²) in [5.74, 6) is 1.71. The molecule has 3 aliphatic rings. The number of rotatable bonds is 0. The van der Waals surface area contributed by atoms with Crippen LogP contribution in [0.5, 0.6) is 0 Å². The van der Waals surface area contributed by atoms with Gasteiger partial charge in [-0.3, -0.25) is 0 Å². The quantitative estimate of drug-likeness (QED) is 0.585. The van der Waals surface area contributed by atoms with Gasteiger partial charge < -0.3 is 9.47 Å². The number of hydrogen-bond donors (Lipinski definition) is 0. The largest absolute Gasteiger partial charge is 0.450 e. The lowest BCUT2D eigenvalue weighted by molar-refractivity contribution is -0.0889. The van der Waals surface area contributed by atoms with Gasteiger partial charge in [0.25, 0.3) is 0 Å². The molecule has 4 atom stereocenters. The van der Waals surface area contributed by atoms with Crippen molar-refractivity contribution in [3.8, 4) is 12.5 Å². The van der Waals surface area contributed by atoms with Crippen LogP contribution >= 0.6 is 0 Å². The average molecular weight is 306 g/mol. The van der Waals surface area contributed by atoms with E-state index in [1.807, 2.05) is 6.11 Å². The van der Waals surface area contributed by atoms with E-state index in [0.29, 0.717) is 10.8 Å². The second kappa shape index (κ2) is 6.44. The smallest absolute Gasteiger partial charge is 0.106 e. The van der Waals surface area contributed by atoms with Gasteiger partial charge in [-0.15, -0.1) is 0 Å². The number of ether oxygens (including phenoxy) is 2. The molecular formula is C20H34O2. The van der Waals surface area contributed by atoms with Gasteiger partial charge in [-0.05, 0) is 61.7 Å². The summed E-state index contributed by atoms with van der Waals surface area (Å²) in [7, 11) is 1.44. The van der Waals surface area contributed by atoms with E-state index in [2.05, 4.69) is 38.9 Å². The number of methoxy groups -OCH3 is 1. The molecular weight excluding hydrogens is 272 g/mol. The Balaban J connectivity index is 0.000000396. The molecule has 1 heterocycles. The topological polar surface area (TPSA) is 18.5 Å². The highest BCUT2D eigenvalue weighted by Crippen LogP contribution is 2.63. The molecule has 1 unspecified atom stereocenters. The standard InChI is InChI=1S/C17H30O.C3H4O/c1-15(2)9-6-10-16(3)13(15)7-5-11-17(4)14(16)8-12-18-17;1-3-4-2/h13-14H,5-12H2,1-4H3;1H,2H3/t13?,14-,16+,17-;/m1./s1. The monoisotopic (exact) mass is 306 g/mol. The van der Waals surface area contributed by atoms with Crippen molar-refractivity contribution in [1.82, 2.24) is 0 Å². The van der Waals surface area contributed by atoms with Gasteiger partial charge in [0.2, 0.25) is 0 Å². The Kier molecular flexibility index (Phi) is 5.17. The third-order valence-corrected chi connectivity index (χ3v) is 6.93. The normalized spacial score (nSPS) is 42.7. The van der Waals surface area contributed by atoms with Crippen molar-refractivity contribution < 1.29 is 9.47 Å². The highest BCUT2D eigenvalue weighted by Gasteiger charge is 2.58. The van der Waals surface area contributed by atoms with E-state index in [0.717, 1.165) is 18.4 Å². The van der Waals surface area contributed by atoms with Gasteiger partial charge in [0.05, 0.1) is 12.7 Å². The van der Waals surface area contributed by atoms with Crippen molar-refractivity contribution in [2.24, 2.45) is 22.7 Å². The average Bonchev–Trinajstić information content (AvgIpc) is 2.80. The Bertz CT molecular complexity index is 418. The molecule has 0 N–H and O–H groups in total. The minimum Gasteiger partial charge on any atom is -0.450 e. The summed E-state index contributed by atoms with van der Waals surface area (Å²) >= 11 is 0. The summed E-state index contributed by atoms with van der Waals surface area (Å²) < 4.78 is 10.3. The number of terminal acetylenes is 1. The van der Waals surface area contributed by atoms with E-state index in [1.165, 1.54) is 52.1 Å². The molecule has 2 saturated carbocycles. The van der Waals surface area contributed by atoms with E-state index >= 15 is 0 Å². The molecule has 126 valence electrons. The van der Waals surface area contributed by atoms with Crippen molar-refractivity contribution in [3.63, 3.8) is 0 Å². The van der Waals surface area contributed by atoms with E-state index in [4.69, 9.17) is 4.74 Å². The van der Waals surface area contributed by atoms with Crippen LogP contribution in [0.25, 0.3) is 0 Å². The first-order valence-corrected chi connectivity index (χ1v) is 8.93. The third kappa shape index (κ3) is 3.02. The molecule has 0 amide bonds. The molecule has 0 aromatic carbocycles. The molecule has 3 fully saturated rings. The second-order valence-electron chi connectivity index (χ2n) is 8.62. The first-order chi connectivity index (χ1) is 10.3. The first kappa shape index (κ1) is 17.7. The molecule has 0 radical (unpaired) electrons. The van der Waals surface area contributed by atoms with Gasteiger partial charge in [0, 0.05) is 6.61 Å². The minimum absolute atomic E-state index is 0.191. The fraction of sp³-hybridized carbons (Fsp3) is 0.900. The Morgan fingerprint density at radius 3 is 2.32 bits per heavy atom. The highest BCUT2D eigenvalue weighted by molar-refractivity contribution is 5.07. The summed E-state index contributed by atoms with van der Waals surface area (Å²) in [6.07, 6.45) is 16.2. The zero-order valence-electron chi connectivity index (χ0n) is 15.2. The molecule has 0 aromatic rings. The summed E-state index contributed by atoms with van der Waals surface area (Å²) in [4.78, 5) is 0. The van der Waals surface area contributed by atoms with Gasteiger partial charge in [0.15, 0.2) is 0 Å². The SMILES string of the molecule is C#COC.CC1(C)CCC[C@@]2(C)C1CCC[C@@]1(C)OCC[C@@H]12. The minimum atomic E-state index is 0.191. The van der Waals surface area contributed by atoms with Crippen molar-refractivity contribution in [1.29, 1.82) is 0 Å². The van der Waals surface area contributed by atoms with Crippen LogP contribution in [0.3, 0.4) is 0 Å². The molecule has 3 rings (SSSR count). The molecule has 0 aromatic heterocycles. The van der Waals surface area contributed by atoms with Crippen LogP contribution in [-0.2, 0) is 9.47 Å². The van der Waals surface area contributed by atoms with Crippen molar-refractivity contribution >= 4 is 0 Å². The Morgan fingerprint density at radius 2 is 1.68 bits per heavy atom. The maximum Gasteiger partial charge on any atom is 0.106 e. The molecule has 1 aliphatic heterocycles. The third-order valence-electron chi connectivity index (χ3n) is 6.93. The van der Waals surface area contributed by atoms with Crippen molar-refractivity contribution in [2.75, 3.05) is 13.7 Å². The predicted octanol–water partition coefficient (Wildman–Crippen LogP) is 5.02. The molecule has 2 nitrogen and oxygen atoms in total. The number of fused-ring (bicyclic) bond motifs is 3. The molecule has 22 heavy (non-hydrogen) atoms. The van der Waals surface area contributed by atoms with Crippen LogP contribution in [0.2, 0.25) is 0 Å². The van der Waals surface area contributed by atoms with Crippen molar-refractivity contribution in [2.45, 2.75) is 78.2 Å². The van der Waals surface area contributed by atoms with Gasteiger partial charge in [-0.2, -0.15) is 0 Å². The Morgan fingerprint density at radius 1 is 1.00 bits per heavy atom. The van der Waals surface area contributed by atoms with E-state index in [9.17, 15) is 0 Å². The second-order valence-corrected chi connectivity index (χ2v) is 8.62. The van der Waals surface area contributed by atoms with E-state index < -0.39 is 0 Å². The van der Waals surface area contributed by atoms with Crippen LogP contribution in [-0.4, -0.2) is 19.3 Å². The maximum absolute atomic E-state index is 6.21. The first-order valence-electron chi connectivity index (χ1n) is 8.93. The lowest BCUT2D eigenvalue weighted by Gasteiger charge is -2.55. The summed E-state index contributed by atoms with van der Waals surface area (Å²) in [6, 6.07) is 0. The Hall–Kier alpha value is -0.680. The fourth-order valence-electron chi connectivity index (χ4n) is 6.05. The van der Waals surface area contributed by atoms with Crippen LogP contribution in [0.15, 0.2) is 0 Å². The predicted molar refractivity (Wildman–Crippen MR) is 91.4 cm³/mol. The zero-order chi connectivity index (χ0) is 16.4. The zero-order valence-corrected chi connectivity index (χ0v) is 15.2. The van der Waals surface area contributed by atoms with Gasteiger partial charge in [-0.1, -0.05) is 40.0 Å². The molecule has 1 saturated heterocycles. The van der Waals surface area contributed by atoms with Crippen LogP contribution in [0.1, 0.15) is 72.6 Å². The van der Waals surface area contributed by atoms with Crippen LogP contribution < -0.4 is 0 Å². The summed E-state index contributed by atoms with van der Waals surface area (Å²) in [6.45, 7) is 11.0. The molecule has 2 aliphatic carbocycles. The fourth-order valence-corrected chi connectivity index (χ4v) is 6.05. The highest BCUT2D eigenvalue weighted by atomic mass is 16.5.